The molecule has 2 aromatic rings. The van der Waals surface area contributed by atoms with Gasteiger partial charge in [-0.15, -0.1) is 0 Å². The van der Waals surface area contributed by atoms with Crippen LogP contribution >= 0.6 is 0 Å². The average Bonchev–Trinajstić information content (AvgIpc) is 2.54. The number of sulfone groups is 1. The molecule has 0 aliphatic rings. The minimum Gasteiger partial charge on any atom is -0.463 e. The van der Waals surface area contributed by atoms with Crippen molar-refractivity contribution >= 4 is 9.84 Å². The molecule has 1 heterocycles. The van der Waals surface area contributed by atoms with Crippen LogP contribution in [0.2, 0.25) is 0 Å². The van der Waals surface area contributed by atoms with Gasteiger partial charge >= 0.3 is 6.01 Å². The fraction of sp³-hybridized carbons (Fsp3) is 0.474. The quantitative estimate of drug-likeness (QED) is 0.657. The summed E-state index contributed by atoms with van der Waals surface area (Å²) in [6, 6.07) is 6.39. The van der Waals surface area contributed by atoms with Crippen LogP contribution in [0.25, 0.3) is 11.1 Å². The Morgan fingerprint density at radius 1 is 1.08 bits per heavy atom. The van der Waals surface area contributed by atoms with Crippen molar-refractivity contribution in [1.82, 2.24) is 9.97 Å². The van der Waals surface area contributed by atoms with Gasteiger partial charge in [0.05, 0.1) is 30.4 Å². The van der Waals surface area contributed by atoms with E-state index >= 15 is 0 Å². The van der Waals surface area contributed by atoms with E-state index in [-0.39, 0.29) is 18.4 Å². The number of methoxy groups -OCH3 is 1. The maximum Gasteiger partial charge on any atom is 0.316 e. The second kappa shape index (κ2) is 8.60. The second-order valence-electron chi connectivity index (χ2n) is 6.41. The van der Waals surface area contributed by atoms with Gasteiger partial charge in [0, 0.05) is 18.9 Å². The van der Waals surface area contributed by atoms with Crippen molar-refractivity contribution < 1.29 is 17.9 Å². The summed E-state index contributed by atoms with van der Waals surface area (Å²) in [5, 5.41) is 0. The van der Waals surface area contributed by atoms with Gasteiger partial charge in [0.15, 0.2) is 0 Å². The highest BCUT2D eigenvalue weighted by Gasteiger charge is 2.15. The topological polar surface area (TPSA) is 78.4 Å². The van der Waals surface area contributed by atoms with Gasteiger partial charge in [-0.1, -0.05) is 18.2 Å². The van der Waals surface area contributed by atoms with Crippen LogP contribution in [0.4, 0.5) is 0 Å². The minimum absolute atomic E-state index is 0.0918. The van der Waals surface area contributed by atoms with E-state index in [9.17, 15) is 8.42 Å². The SMILES string of the molecule is COCc1cccc(-c2c(C)nc(OCCCS(C)(=O)=O)nc2C)c1C. The molecule has 0 saturated carbocycles. The zero-order chi connectivity index (χ0) is 19.3. The standard InChI is InChI=1S/C19H26N2O4S/c1-13-16(12-24-4)8-6-9-17(13)18-14(2)20-19(21-15(18)3)25-10-7-11-26(5,22)23/h6,8-9H,7,10-12H2,1-5H3. The zero-order valence-electron chi connectivity index (χ0n) is 16.0. The fourth-order valence-electron chi connectivity index (χ4n) is 2.89. The summed E-state index contributed by atoms with van der Waals surface area (Å²) in [6.07, 6.45) is 1.63. The predicted octanol–water partition coefficient (Wildman–Crippen LogP) is 3.03. The lowest BCUT2D eigenvalue weighted by atomic mass is 9.95. The van der Waals surface area contributed by atoms with Crippen LogP contribution in [0.3, 0.4) is 0 Å². The molecule has 7 heteroatoms. The van der Waals surface area contributed by atoms with Crippen molar-refractivity contribution in [2.24, 2.45) is 0 Å². The summed E-state index contributed by atoms with van der Waals surface area (Å²) in [4.78, 5) is 8.89. The maximum atomic E-state index is 11.2. The first-order valence-corrected chi connectivity index (χ1v) is 10.5. The van der Waals surface area contributed by atoms with Crippen molar-refractivity contribution in [3.63, 3.8) is 0 Å². The van der Waals surface area contributed by atoms with Gasteiger partial charge in [0.1, 0.15) is 9.84 Å². The molecule has 0 bridgehead atoms. The highest BCUT2D eigenvalue weighted by atomic mass is 32.2. The Bertz CT molecular complexity index is 856. The largest absolute Gasteiger partial charge is 0.463 e. The van der Waals surface area contributed by atoms with Gasteiger partial charge in [0.25, 0.3) is 0 Å². The Hall–Kier alpha value is -1.99. The summed E-state index contributed by atoms with van der Waals surface area (Å²) in [6.45, 7) is 6.75. The molecule has 2 rings (SSSR count). The van der Waals surface area contributed by atoms with Crippen molar-refractivity contribution in [3.05, 3.63) is 40.7 Å². The van der Waals surface area contributed by atoms with Crippen molar-refractivity contribution in [2.45, 2.75) is 33.8 Å². The first kappa shape index (κ1) is 20.3. The zero-order valence-corrected chi connectivity index (χ0v) is 16.8. The molecule has 0 atom stereocenters. The number of rotatable bonds is 8. The van der Waals surface area contributed by atoms with E-state index in [1.807, 2.05) is 26.0 Å². The number of aryl methyl sites for hydroxylation is 2. The first-order chi connectivity index (χ1) is 12.2. The number of ether oxygens (including phenoxy) is 2. The van der Waals surface area contributed by atoms with E-state index in [4.69, 9.17) is 9.47 Å². The van der Waals surface area contributed by atoms with Gasteiger partial charge in [0.2, 0.25) is 0 Å². The summed E-state index contributed by atoms with van der Waals surface area (Å²) in [5.41, 5.74) is 6.00. The third kappa shape index (κ3) is 5.25. The van der Waals surface area contributed by atoms with Crippen LogP contribution < -0.4 is 4.74 Å². The maximum absolute atomic E-state index is 11.2. The second-order valence-corrected chi connectivity index (χ2v) is 8.67. The number of benzene rings is 1. The smallest absolute Gasteiger partial charge is 0.316 e. The van der Waals surface area contributed by atoms with E-state index in [2.05, 4.69) is 23.0 Å². The molecular formula is C19H26N2O4S. The molecule has 0 saturated heterocycles. The molecule has 0 N–H and O–H groups in total. The van der Waals surface area contributed by atoms with E-state index < -0.39 is 9.84 Å². The fourth-order valence-corrected chi connectivity index (χ4v) is 3.53. The molecule has 0 aliphatic carbocycles. The Kier molecular flexibility index (Phi) is 6.72. The van der Waals surface area contributed by atoms with Gasteiger partial charge in [-0.05, 0) is 43.9 Å². The molecule has 1 aromatic heterocycles. The molecule has 0 fully saturated rings. The van der Waals surface area contributed by atoms with Crippen LogP contribution in [-0.2, 0) is 21.2 Å². The van der Waals surface area contributed by atoms with Crippen LogP contribution in [0.1, 0.15) is 28.9 Å². The van der Waals surface area contributed by atoms with Crippen LogP contribution in [0.15, 0.2) is 18.2 Å². The third-order valence-corrected chi connectivity index (χ3v) is 5.19. The van der Waals surface area contributed by atoms with Crippen LogP contribution in [0.5, 0.6) is 6.01 Å². The highest BCUT2D eigenvalue weighted by molar-refractivity contribution is 7.90. The van der Waals surface area contributed by atoms with Crippen LogP contribution in [0, 0.1) is 20.8 Å². The average molecular weight is 378 g/mol. The van der Waals surface area contributed by atoms with E-state index in [0.717, 1.165) is 33.6 Å². The summed E-state index contributed by atoms with van der Waals surface area (Å²) in [7, 11) is -1.30. The third-order valence-electron chi connectivity index (χ3n) is 4.16. The molecule has 0 spiro atoms. The molecule has 0 amide bonds. The number of nitrogens with zero attached hydrogens (tertiary/aromatic N) is 2. The predicted molar refractivity (Wildman–Crippen MR) is 102 cm³/mol. The van der Waals surface area contributed by atoms with Crippen LogP contribution in [-0.4, -0.2) is 44.1 Å². The van der Waals surface area contributed by atoms with Gasteiger partial charge in [-0.3, -0.25) is 0 Å². The highest BCUT2D eigenvalue weighted by Crippen LogP contribution is 2.31. The normalized spacial score (nSPS) is 11.6. The summed E-state index contributed by atoms with van der Waals surface area (Å²) in [5.74, 6) is 0.0918. The number of hydrogen-bond donors (Lipinski definition) is 0. The molecule has 6 nitrogen and oxygen atoms in total. The first-order valence-electron chi connectivity index (χ1n) is 8.46. The molecule has 26 heavy (non-hydrogen) atoms. The molecule has 0 unspecified atom stereocenters. The molecule has 1 aromatic carbocycles. The summed E-state index contributed by atoms with van der Waals surface area (Å²) < 4.78 is 33.1. The van der Waals surface area contributed by atoms with E-state index in [0.29, 0.717) is 13.0 Å². The molecule has 142 valence electrons. The molecule has 0 radical (unpaired) electrons. The lowest BCUT2D eigenvalue weighted by Crippen LogP contribution is -2.10. The molecule has 0 aliphatic heterocycles. The lowest BCUT2D eigenvalue weighted by Gasteiger charge is -2.15. The van der Waals surface area contributed by atoms with Gasteiger partial charge in [-0.25, -0.2) is 8.42 Å². The Morgan fingerprint density at radius 2 is 1.73 bits per heavy atom. The monoisotopic (exact) mass is 378 g/mol. The Morgan fingerprint density at radius 3 is 2.31 bits per heavy atom. The Balaban J connectivity index is 2.24. The minimum atomic E-state index is -2.98. The molecular weight excluding hydrogens is 352 g/mol. The van der Waals surface area contributed by atoms with E-state index in [1.165, 1.54) is 6.26 Å². The number of hydrogen-bond acceptors (Lipinski definition) is 6. The van der Waals surface area contributed by atoms with Crippen molar-refractivity contribution in [1.29, 1.82) is 0 Å². The van der Waals surface area contributed by atoms with Gasteiger partial charge in [-0.2, -0.15) is 9.97 Å². The van der Waals surface area contributed by atoms with E-state index in [1.54, 1.807) is 7.11 Å². The summed E-state index contributed by atoms with van der Waals surface area (Å²) >= 11 is 0. The van der Waals surface area contributed by atoms with Crippen molar-refractivity contribution in [3.8, 4) is 17.1 Å². The van der Waals surface area contributed by atoms with Crippen molar-refractivity contribution in [2.75, 3.05) is 25.7 Å². The van der Waals surface area contributed by atoms with Gasteiger partial charge < -0.3 is 9.47 Å². The lowest BCUT2D eigenvalue weighted by molar-refractivity contribution is 0.184. The number of aromatic nitrogens is 2. The Labute approximate surface area is 155 Å².